The fourth-order valence-corrected chi connectivity index (χ4v) is 2.57. The fraction of sp³-hybridized carbons (Fsp3) is 0.250. The van der Waals surface area contributed by atoms with Crippen LogP contribution in [0.5, 0.6) is 0 Å². The molecule has 0 atom stereocenters. The highest BCUT2D eigenvalue weighted by atomic mass is 32.1. The minimum Gasteiger partial charge on any atom is -0.344 e. The molecule has 0 saturated heterocycles. The van der Waals surface area contributed by atoms with Crippen LogP contribution in [0.15, 0.2) is 23.4 Å². The number of nitrogens with one attached hydrogen (secondary N) is 2. The predicted octanol–water partition coefficient (Wildman–Crippen LogP) is 1.86. The molecule has 3 heterocycles. The molecule has 0 aliphatic heterocycles. The van der Waals surface area contributed by atoms with Crippen molar-refractivity contribution in [3.05, 3.63) is 34.8 Å². The second kappa shape index (κ2) is 5.77. The summed E-state index contributed by atoms with van der Waals surface area (Å²) in [7, 11) is 0. The lowest BCUT2D eigenvalue weighted by Gasteiger charge is -1.94. The summed E-state index contributed by atoms with van der Waals surface area (Å²) >= 11 is 1.38. The molecule has 0 fully saturated rings. The van der Waals surface area contributed by atoms with Crippen molar-refractivity contribution in [3.8, 4) is 10.6 Å². The van der Waals surface area contributed by atoms with Crippen molar-refractivity contribution in [2.75, 3.05) is 0 Å². The average Bonchev–Trinajstić information content (AvgIpc) is 3.09. The Balaban J connectivity index is 0.000000637. The van der Waals surface area contributed by atoms with Gasteiger partial charge in [0.05, 0.1) is 35.2 Å². The van der Waals surface area contributed by atoms with Gasteiger partial charge in [-0.1, -0.05) is 13.8 Å². The second-order valence-corrected chi connectivity index (χ2v) is 4.56. The zero-order chi connectivity index (χ0) is 13.8. The van der Waals surface area contributed by atoms with E-state index >= 15 is 0 Å². The van der Waals surface area contributed by atoms with E-state index in [9.17, 15) is 4.79 Å². The third-order valence-corrected chi connectivity index (χ3v) is 3.55. The van der Waals surface area contributed by atoms with Crippen molar-refractivity contribution >= 4 is 21.6 Å². The zero-order valence-corrected chi connectivity index (χ0v) is 11.5. The smallest absolute Gasteiger partial charge is 0.268 e. The number of nitrogens with zero attached hydrogens (tertiary/aromatic N) is 2. The minimum atomic E-state index is -0.147. The quantitative estimate of drug-likeness (QED) is 0.665. The summed E-state index contributed by atoms with van der Waals surface area (Å²) in [6.45, 7) is 4.22. The van der Waals surface area contributed by atoms with Gasteiger partial charge in [-0.25, -0.2) is 9.97 Å². The van der Waals surface area contributed by atoms with E-state index < -0.39 is 0 Å². The maximum atomic E-state index is 11.8. The SMILES string of the molecule is CC.NCc1nc2cc(-c3cnc[nH]3)sc2c(=O)[nH]1. The lowest BCUT2D eigenvalue weighted by atomic mass is 10.3. The summed E-state index contributed by atoms with van der Waals surface area (Å²) in [4.78, 5) is 26.6. The molecule has 0 unspecified atom stereocenters. The molecule has 3 aromatic heterocycles. The molecule has 19 heavy (non-hydrogen) atoms. The van der Waals surface area contributed by atoms with Gasteiger partial charge in [-0.05, 0) is 6.07 Å². The van der Waals surface area contributed by atoms with Gasteiger partial charge in [0, 0.05) is 0 Å². The lowest BCUT2D eigenvalue weighted by Crippen LogP contribution is -2.12. The Morgan fingerprint density at radius 2 is 2.21 bits per heavy atom. The molecular weight excluding hydrogens is 262 g/mol. The number of aromatic amines is 2. The van der Waals surface area contributed by atoms with Gasteiger partial charge in [0.2, 0.25) is 0 Å². The summed E-state index contributed by atoms with van der Waals surface area (Å²) in [5.41, 5.74) is 6.87. The van der Waals surface area contributed by atoms with Crippen LogP contribution in [0.4, 0.5) is 0 Å². The van der Waals surface area contributed by atoms with Crippen LogP contribution in [0.2, 0.25) is 0 Å². The number of thiophene rings is 1. The largest absolute Gasteiger partial charge is 0.344 e. The average molecular weight is 277 g/mol. The van der Waals surface area contributed by atoms with E-state index in [4.69, 9.17) is 5.73 Å². The van der Waals surface area contributed by atoms with E-state index in [0.29, 0.717) is 16.0 Å². The minimum absolute atomic E-state index is 0.147. The number of imidazole rings is 1. The Kier molecular flexibility index (Phi) is 4.08. The Labute approximate surface area is 113 Å². The first-order chi connectivity index (χ1) is 9.28. The van der Waals surface area contributed by atoms with Gasteiger partial charge >= 0.3 is 0 Å². The molecule has 0 radical (unpaired) electrons. The highest BCUT2D eigenvalue weighted by molar-refractivity contribution is 7.22. The highest BCUT2D eigenvalue weighted by Crippen LogP contribution is 2.28. The summed E-state index contributed by atoms with van der Waals surface area (Å²) < 4.78 is 0.604. The van der Waals surface area contributed by atoms with Gasteiger partial charge in [0.25, 0.3) is 5.56 Å². The number of rotatable bonds is 2. The van der Waals surface area contributed by atoms with Crippen LogP contribution in [-0.4, -0.2) is 19.9 Å². The summed E-state index contributed by atoms with van der Waals surface area (Å²) in [6, 6.07) is 1.86. The first kappa shape index (κ1) is 13.4. The summed E-state index contributed by atoms with van der Waals surface area (Å²) in [6.07, 6.45) is 3.31. The van der Waals surface area contributed by atoms with Crippen molar-refractivity contribution < 1.29 is 0 Å². The van der Waals surface area contributed by atoms with E-state index in [-0.39, 0.29) is 12.1 Å². The van der Waals surface area contributed by atoms with E-state index in [1.165, 1.54) is 11.3 Å². The number of H-pyrrole nitrogens is 2. The van der Waals surface area contributed by atoms with Crippen LogP contribution in [-0.2, 0) is 6.54 Å². The molecule has 3 aromatic rings. The monoisotopic (exact) mass is 277 g/mol. The molecule has 0 aliphatic rings. The predicted molar refractivity (Wildman–Crippen MR) is 77.1 cm³/mol. The number of nitrogens with two attached hydrogens (primary N) is 1. The lowest BCUT2D eigenvalue weighted by molar-refractivity contribution is 0.915. The van der Waals surface area contributed by atoms with Crippen LogP contribution in [0.3, 0.4) is 0 Å². The van der Waals surface area contributed by atoms with Crippen molar-refractivity contribution in [3.63, 3.8) is 0 Å². The molecule has 6 nitrogen and oxygen atoms in total. The van der Waals surface area contributed by atoms with Crippen molar-refractivity contribution in [2.24, 2.45) is 5.73 Å². The fourth-order valence-electron chi connectivity index (χ4n) is 1.61. The Morgan fingerprint density at radius 3 is 2.84 bits per heavy atom. The maximum Gasteiger partial charge on any atom is 0.268 e. The molecule has 0 spiro atoms. The summed E-state index contributed by atoms with van der Waals surface area (Å²) in [5.74, 6) is 0.497. The van der Waals surface area contributed by atoms with E-state index in [1.54, 1.807) is 12.5 Å². The standard InChI is InChI=1S/C10H9N5OS.C2H6/c11-2-8-14-5-1-7(6-3-12-4-13-6)17-9(5)10(16)15-8;1-2/h1,3-4H,2,11H2,(H,12,13)(H,14,15,16);1-2H3. The van der Waals surface area contributed by atoms with Gasteiger partial charge in [0.15, 0.2) is 0 Å². The second-order valence-electron chi connectivity index (χ2n) is 3.51. The van der Waals surface area contributed by atoms with Crippen LogP contribution in [0, 0.1) is 0 Å². The maximum absolute atomic E-state index is 11.8. The molecule has 0 amide bonds. The molecule has 100 valence electrons. The number of aromatic nitrogens is 4. The third-order valence-electron chi connectivity index (χ3n) is 2.39. The first-order valence-electron chi connectivity index (χ1n) is 5.99. The molecule has 4 N–H and O–H groups in total. The number of hydrogen-bond donors (Lipinski definition) is 3. The van der Waals surface area contributed by atoms with Gasteiger partial charge < -0.3 is 15.7 Å². The molecule has 0 saturated carbocycles. The van der Waals surface area contributed by atoms with Crippen LogP contribution in [0.25, 0.3) is 20.8 Å². The van der Waals surface area contributed by atoms with E-state index in [0.717, 1.165) is 10.6 Å². The van der Waals surface area contributed by atoms with Crippen LogP contribution in [0.1, 0.15) is 19.7 Å². The Morgan fingerprint density at radius 1 is 1.42 bits per heavy atom. The van der Waals surface area contributed by atoms with Crippen molar-refractivity contribution in [2.45, 2.75) is 20.4 Å². The summed E-state index contributed by atoms with van der Waals surface area (Å²) in [5, 5.41) is 0. The van der Waals surface area contributed by atoms with E-state index in [1.807, 2.05) is 19.9 Å². The molecule has 0 bridgehead atoms. The Bertz CT molecular complexity index is 713. The topological polar surface area (TPSA) is 100 Å². The first-order valence-corrected chi connectivity index (χ1v) is 6.81. The number of fused-ring (bicyclic) bond motifs is 1. The third kappa shape index (κ3) is 2.56. The molecular formula is C12H15N5OS. The van der Waals surface area contributed by atoms with Crippen molar-refractivity contribution in [1.82, 2.24) is 19.9 Å². The molecule has 0 aromatic carbocycles. The zero-order valence-electron chi connectivity index (χ0n) is 10.7. The molecule has 7 heteroatoms. The van der Waals surface area contributed by atoms with Crippen molar-refractivity contribution in [1.29, 1.82) is 0 Å². The van der Waals surface area contributed by atoms with Crippen LogP contribution >= 0.6 is 11.3 Å². The number of hydrogen-bond acceptors (Lipinski definition) is 5. The van der Waals surface area contributed by atoms with Gasteiger partial charge in [-0.15, -0.1) is 11.3 Å². The van der Waals surface area contributed by atoms with Crippen LogP contribution < -0.4 is 11.3 Å². The van der Waals surface area contributed by atoms with Gasteiger partial charge in [-0.3, -0.25) is 4.79 Å². The van der Waals surface area contributed by atoms with Gasteiger partial charge in [0.1, 0.15) is 10.5 Å². The Hall–Kier alpha value is -1.99. The molecule has 0 aliphatic carbocycles. The van der Waals surface area contributed by atoms with Gasteiger partial charge in [-0.2, -0.15) is 0 Å². The highest BCUT2D eigenvalue weighted by Gasteiger charge is 2.10. The molecule has 3 rings (SSSR count). The van der Waals surface area contributed by atoms with E-state index in [2.05, 4.69) is 19.9 Å². The normalized spacial score (nSPS) is 10.3.